The summed E-state index contributed by atoms with van der Waals surface area (Å²) >= 11 is 0. The minimum absolute atomic E-state index is 0.0521. The summed E-state index contributed by atoms with van der Waals surface area (Å²) in [7, 11) is 1.57. The number of halogens is 3. The number of carbonyl (C=O) groups excluding carboxylic acids is 1. The van der Waals surface area contributed by atoms with Crippen molar-refractivity contribution in [3.8, 4) is 5.75 Å². The van der Waals surface area contributed by atoms with E-state index < -0.39 is 12.1 Å². The molecule has 1 saturated heterocycles. The van der Waals surface area contributed by atoms with Crippen molar-refractivity contribution in [3.63, 3.8) is 0 Å². The van der Waals surface area contributed by atoms with Crippen LogP contribution in [0.3, 0.4) is 0 Å². The van der Waals surface area contributed by atoms with Crippen LogP contribution < -0.4 is 15.3 Å². The number of likely N-dealkylation sites (tertiary alicyclic amines) is 1. The van der Waals surface area contributed by atoms with Crippen LogP contribution in [0.1, 0.15) is 23.2 Å². The first-order valence-electron chi connectivity index (χ1n) is 10.5. The Hall–Kier alpha value is -3.57. The van der Waals surface area contributed by atoms with Gasteiger partial charge in [-0.3, -0.25) is 9.20 Å². The maximum atomic E-state index is 12.9. The van der Waals surface area contributed by atoms with Gasteiger partial charge in [-0.25, -0.2) is 14.5 Å². The topological polar surface area (TPSA) is 85.0 Å². The number of anilines is 2. The fraction of sp³-hybridized carbons (Fsp3) is 0.429. The van der Waals surface area contributed by atoms with Crippen molar-refractivity contribution in [1.82, 2.24) is 24.1 Å². The molecule has 0 aliphatic carbocycles. The summed E-state index contributed by atoms with van der Waals surface area (Å²) in [6.45, 7) is 0.960. The van der Waals surface area contributed by atoms with Gasteiger partial charge in [0.2, 0.25) is 0 Å². The van der Waals surface area contributed by atoms with Crippen LogP contribution in [0.4, 0.5) is 24.7 Å². The van der Waals surface area contributed by atoms with Crippen molar-refractivity contribution in [2.75, 3.05) is 31.1 Å². The van der Waals surface area contributed by atoms with E-state index in [0.717, 1.165) is 5.69 Å². The molecule has 5 rings (SSSR count). The van der Waals surface area contributed by atoms with Gasteiger partial charge in [-0.05, 0) is 25.0 Å². The number of aromatic nitrogens is 4. The zero-order valence-corrected chi connectivity index (χ0v) is 17.7. The quantitative estimate of drug-likeness (QED) is 0.582. The van der Waals surface area contributed by atoms with Crippen molar-refractivity contribution in [2.45, 2.75) is 19.0 Å². The highest BCUT2D eigenvalue weighted by molar-refractivity contribution is 5.95. The van der Waals surface area contributed by atoms with Crippen LogP contribution >= 0.6 is 0 Å². The molecule has 2 aliphatic heterocycles. The summed E-state index contributed by atoms with van der Waals surface area (Å²) in [6.07, 6.45) is -1.38. The molecule has 2 aliphatic rings. The van der Waals surface area contributed by atoms with E-state index in [-0.39, 0.29) is 43.1 Å². The molecule has 0 N–H and O–H groups in total. The van der Waals surface area contributed by atoms with Crippen LogP contribution in [0.25, 0.3) is 5.65 Å². The molecule has 0 spiro atoms. The largest absolute Gasteiger partial charge is 0.488 e. The molecule has 0 unspecified atom stereocenters. The molecular weight excluding hydrogens is 441 g/mol. The Morgan fingerprint density at radius 2 is 1.94 bits per heavy atom. The molecule has 5 heterocycles. The first kappa shape index (κ1) is 21.3. The van der Waals surface area contributed by atoms with Crippen molar-refractivity contribution in [2.24, 2.45) is 13.0 Å². The summed E-state index contributed by atoms with van der Waals surface area (Å²) < 4.78 is 47.1. The number of nitrogens with zero attached hydrogens (tertiary/aromatic N) is 6. The van der Waals surface area contributed by atoms with Gasteiger partial charge in [-0.15, -0.1) is 0 Å². The Bertz CT molecular complexity index is 1280. The van der Waals surface area contributed by atoms with E-state index in [9.17, 15) is 22.8 Å². The summed E-state index contributed by atoms with van der Waals surface area (Å²) in [5, 5.41) is 4.20. The van der Waals surface area contributed by atoms with E-state index in [0.29, 0.717) is 30.4 Å². The molecule has 0 atom stereocenters. The molecule has 0 aromatic carbocycles. The summed E-state index contributed by atoms with van der Waals surface area (Å²) in [6, 6.07) is 5.12. The average molecular weight is 462 g/mol. The lowest BCUT2D eigenvalue weighted by molar-refractivity contribution is -0.183. The van der Waals surface area contributed by atoms with E-state index >= 15 is 0 Å². The Kier molecular flexibility index (Phi) is 5.02. The molecule has 33 heavy (non-hydrogen) atoms. The highest BCUT2D eigenvalue weighted by Crippen LogP contribution is 2.37. The molecule has 1 amide bonds. The van der Waals surface area contributed by atoms with Crippen molar-refractivity contribution < 1.29 is 22.7 Å². The number of hydrogen-bond donors (Lipinski definition) is 0. The van der Waals surface area contributed by atoms with Crippen LogP contribution in [0, 0.1) is 5.92 Å². The van der Waals surface area contributed by atoms with Crippen LogP contribution in [-0.4, -0.2) is 62.4 Å². The van der Waals surface area contributed by atoms with Crippen LogP contribution in [-0.2, 0) is 7.05 Å². The number of aryl methyl sites for hydroxylation is 1. The van der Waals surface area contributed by atoms with Gasteiger partial charge in [-0.2, -0.15) is 18.3 Å². The molecule has 3 aromatic heterocycles. The van der Waals surface area contributed by atoms with E-state index in [1.165, 1.54) is 20.2 Å². The first-order valence-corrected chi connectivity index (χ1v) is 10.5. The Morgan fingerprint density at radius 3 is 2.67 bits per heavy atom. The lowest BCUT2D eigenvalue weighted by atomic mass is 9.96. The predicted octanol–water partition coefficient (Wildman–Crippen LogP) is 2.37. The van der Waals surface area contributed by atoms with E-state index in [4.69, 9.17) is 4.74 Å². The number of amides is 1. The van der Waals surface area contributed by atoms with Gasteiger partial charge >= 0.3 is 11.9 Å². The fourth-order valence-electron chi connectivity index (χ4n) is 4.30. The molecule has 0 saturated carbocycles. The van der Waals surface area contributed by atoms with Gasteiger partial charge in [-0.1, -0.05) is 0 Å². The molecule has 0 radical (unpaired) electrons. The number of ether oxygens (including phenoxy) is 1. The molecule has 12 heteroatoms. The predicted molar refractivity (Wildman–Crippen MR) is 112 cm³/mol. The summed E-state index contributed by atoms with van der Waals surface area (Å²) in [5.41, 5.74) is 1.27. The molecule has 9 nitrogen and oxygen atoms in total. The van der Waals surface area contributed by atoms with Gasteiger partial charge in [0.1, 0.15) is 6.61 Å². The minimum Gasteiger partial charge on any atom is -0.488 e. The Labute approximate surface area is 186 Å². The fourth-order valence-corrected chi connectivity index (χ4v) is 4.30. The Balaban J connectivity index is 1.38. The maximum absolute atomic E-state index is 12.9. The number of fused-ring (bicyclic) bond motifs is 2. The number of piperidine rings is 1. The highest BCUT2D eigenvalue weighted by atomic mass is 19.4. The van der Waals surface area contributed by atoms with Crippen molar-refractivity contribution in [1.29, 1.82) is 0 Å². The van der Waals surface area contributed by atoms with E-state index in [2.05, 4.69) is 10.1 Å². The molecule has 3 aromatic rings. The molecule has 0 bridgehead atoms. The zero-order chi connectivity index (χ0) is 23.3. The van der Waals surface area contributed by atoms with Gasteiger partial charge < -0.3 is 14.5 Å². The average Bonchev–Trinajstić information content (AvgIpc) is 3.10. The van der Waals surface area contributed by atoms with E-state index in [1.807, 2.05) is 4.90 Å². The zero-order valence-electron chi connectivity index (χ0n) is 17.7. The minimum atomic E-state index is -4.23. The van der Waals surface area contributed by atoms with E-state index in [1.54, 1.807) is 31.4 Å². The second-order valence-corrected chi connectivity index (χ2v) is 8.17. The number of hydrogen-bond acceptors (Lipinski definition) is 6. The third-order valence-electron chi connectivity index (χ3n) is 6.12. The highest BCUT2D eigenvalue weighted by Gasteiger charge is 2.41. The van der Waals surface area contributed by atoms with Crippen LogP contribution in [0.5, 0.6) is 5.75 Å². The lowest BCUT2D eigenvalue weighted by Gasteiger charge is -2.33. The number of pyridine rings is 2. The standard InChI is InChI=1S/C21H21F3N6O3/c1-27-20(32)30-7-4-15(11-17(30)26-27)29-8-9-33-16-10-13(12-25-18(16)29)19(31)28-5-2-14(3-6-28)21(22,23)24/h4,7,10-12,14H,2-3,5-6,8-9H2,1H3. The SMILES string of the molecule is Cn1nc2cc(N3CCOc4cc(C(=O)N5CCC(C(F)(F)F)CC5)cnc43)ccn2c1=O. The summed E-state index contributed by atoms with van der Waals surface area (Å²) in [5.74, 6) is -0.805. The van der Waals surface area contributed by atoms with Crippen molar-refractivity contribution >= 4 is 23.1 Å². The normalized spacial score (nSPS) is 17.2. The second kappa shape index (κ2) is 7.78. The molecular formula is C21H21F3N6O3. The van der Waals surface area contributed by atoms with Gasteiger partial charge in [0.05, 0.1) is 18.0 Å². The second-order valence-electron chi connectivity index (χ2n) is 8.17. The number of alkyl halides is 3. The third-order valence-corrected chi connectivity index (χ3v) is 6.12. The lowest BCUT2D eigenvalue weighted by Crippen LogP contribution is -2.42. The summed E-state index contributed by atoms with van der Waals surface area (Å²) in [4.78, 5) is 32.7. The van der Waals surface area contributed by atoms with Gasteiger partial charge in [0.15, 0.2) is 17.2 Å². The molecule has 174 valence electrons. The first-order chi connectivity index (χ1) is 15.7. The Morgan fingerprint density at radius 1 is 1.18 bits per heavy atom. The number of carbonyl (C=O) groups is 1. The van der Waals surface area contributed by atoms with Crippen LogP contribution in [0.15, 0.2) is 35.4 Å². The van der Waals surface area contributed by atoms with Gasteiger partial charge in [0.25, 0.3) is 5.91 Å². The van der Waals surface area contributed by atoms with Crippen molar-refractivity contribution in [3.05, 3.63) is 46.6 Å². The molecule has 1 fully saturated rings. The maximum Gasteiger partial charge on any atom is 0.391 e. The monoisotopic (exact) mass is 462 g/mol. The van der Waals surface area contributed by atoms with Gasteiger partial charge in [0, 0.05) is 44.3 Å². The smallest absolute Gasteiger partial charge is 0.391 e. The number of rotatable bonds is 2. The van der Waals surface area contributed by atoms with Crippen LogP contribution in [0.2, 0.25) is 0 Å². The third kappa shape index (κ3) is 3.79.